The largest absolute Gasteiger partial charge is 0.273 e. The maximum absolute atomic E-state index is 12.0. The van der Waals surface area contributed by atoms with E-state index in [4.69, 9.17) is 0 Å². The molecule has 0 bridgehead atoms. The molecular weight excluding hydrogens is 408 g/mol. The summed E-state index contributed by atoms with van der Waals surface area (Å²) in [7, 11) is 0. The number of rotatable bonds is 2. The topological polar surface area (TPSA) is 32.7 Å². The summed E-state index contributed by atoms with van der Waals surface area (Å²) in [6, 6.07) is 15.9. The van der Waals surface area contributed by atoms with E-state index in [1.165, 1.54) is 0 Å². The molecule has 0 saturated carbocycles. The Labute approximate surface area is 146 Å². The molecule has 2 aromatic rings. The Morgan fingerprint density at radius 3 is 2.45 bits per heavy atom. The predicted octanol–water partition coefficient (Wildman–Crippen LogP) is 4.91. The van der Waals surface area contributed by atoms with Crippen LogP contribution in [0.2, 0.25) is 0 Å². The molecular formula is C17H14Br2N2O. The fraction of sp³-hybridized carbons (Fsp3) is 0.176. The van der Waals surface area contributed by atoms with Gasteiger partial charge in [-0.05, 0) is 29.3 Å². The lowest BCUT2D eigenvalue weighted by Gasteiger charge is -2.21. The van der Waals surface area contributed by atoms with Crippen LogP contribution in [0.25, 0.3) is 0 Å². The van der Waals surface area contributed by atoms with Gasteiger partial charge in [-0.2, -0.15) is 5.10 Å². The van der Waals surface area contributed by atoms with Gasteiger partial charge in [-0.15, -0.1) is 0 Å². The first-order valence-electron chi connectivity index (χ1n) is 6.94. The van der Waals surface area contributed by atoms with Crippen molar-refractivity contribution in [1.82, 2.24) is 5.01 Å². The minimum absolute atomic E-state index is 0.0483. The fourth-order valence-corrected chi connectivity index (χ4v) is 3.42. The SMILES string of the molecule is CC(=O)N1N=C(c2ccc(Br)cc2)CC1c1ccccc1Br. The van der Waals surface area contributed by atoms with Crippen molar-refractivity contribution >= 4 is 43.5 Å². The molecule has 0 aromatic heterocycles. The van der Waals surface area contributed by atoms with Crippen LogP contribution in [-0.2, 0) is 4.79 Å². The van der Waals surface area contributed by atoms with Gasteiger partial charge in [0.05, 0.1) is 11.8 Å². The average Bonchev–Trinajstić information content (AvgIpc) is 2.93. The zero-order valence-electron chi connectivity index (χ0n) is 12.0. The third-order valence-electron chi connectivity index (χ3n) is 3.67. The van der Waals surface area contributed by atoms with Crippen molar-refractivity contribution in [3.05, 3.63) is 68.6 Å². The van der Waals surface area contributed by atoms with E-state index in [0.717, 1.165) is 25.8 Å². The number of carbonyl (C=O) groups is 1. The maximum atomic E-state index is 12.0. The van der Waals surface area contributed by atoms with Crippen LogP contribution in [0, 0.1) is 0 Å². The Morgan fingerprint density at radius 2 is 1.82 bits per heavy atom. The molecule has 22 heavy (non-hydrogen) atoms. The van der Waals surface area contributed by atoms with Crippen LogP contribution in [-0.4, -0.2) is 16.6 Å². The van der Waals surface area contributed by atoms with Gasteiger partial charge in [-0.3, -0.25) is 4.79 Å². The number of hydrogen-bond acceptors (Lipinski definition) is 2. The van der Waals surface area contributed by atoms with E-state index >= 15 is 0 Å². The van der Waals surface area contributed by atoms with Gasteiger partial charge in [0.15, 0.2) is 0 Å². The van der Waals surface area contributed by atoms with Crippen molar-refractivity contribution in [1.29, 1.82) is 0 Å². The molecule has 112 valence electrons. The lowest BCUT2D eigenvalue weighted by Crippen LogP contribution is -2.24. The average molecular weight is 422 g/mol. The molecule has 3 rings (SSSR count). The number of hydrazone groups is 1. The first-order chi connectivity index (χ1) is 10.6. The first-order valence-corrected chi connectivity index (χ1v) is 8.52. The van der Waals surface area contributed by atoms with Crippen LogP contribution in [0.4, 0.5) is 0 Å². The van der Waals surface area contributed by atoms with Gasteiger partial charge in [-0.25, -0.2) is 5.01 Å². The fourth-order valence-electron chi connectivity index (χ4n) is 2.60. The monoisotopic (exact) mass is 420 g/mol. The van der Waals surface area contributed by atoms with E-state index in [1.54, 1.807) is 11.9 Å². The molecule has 0 fully saturated rings. The molecule has 0 spiro atoms. The van der Waals surface area contributed by atoms with Crippen LogP contribution < -0.4 is 0 Å². The summed E-state index contributed by atoms with van der Waals surface area (Å²) in [6.45, 7) is 1.55. The number of benzene rings is 2. The summed E-state index contributed by atoms with van der Waals surface area (Å²) in [4.78, 5) is 12.0. The van der Waals surface area contributed by atoms with E-state index in [9.17, 15) is 4.79 Å². The summed E-state index contributed by atoms with van der Waals surface area (Å²) in [5, 5.41) is 6.13. The molecule has 3 nitrogen and oxygen atoms in total. The van der Waals surface area contributed by atoms with E-state index in [2.05, 4.69) is 37.0 Å². The molecule has 0 N–H and O–H groups in total. The Kier molecular flexibility index (Phi) is 4.45. The number of nitrogens with zero attached hydrogens (tertiary/aromatic N) is 2. The second kappa shape index (κ2) is 6.34. The normalized spacial score (nSPS) is 17.5. The van der Waals surface area contributed by atoms with Gasteiger partial charge in [0.2, 0.25) is 5.91 Å². The van der Waals surface area contributed by atoms with E-state index in [0.29, 0.717) is 6.42 Å². The Hall–Kier alpha value is -1.46. The Bertz CT molecular complexity index is 741. The summed E-state index contributed by atoms with van der Waals surface area (Å²) in [5.74, 6) is -0.0483. The molecule has 1 amide bonds. The number of amides is 1. The molecule has 1 aliphatic rings. The molecule has 0 aliphatic carbocycles. The zero-order valence-corrected chi connectivity index (χ0v) is 15.1. The first kappa shape index (κ1) is 15.4. The van der Waals surface area contributed by atoms with Crippen molar-refractivity contribution in [3.8, 4) is 0 Å². The minimum Gasteiger partial charge on any atom is -0.273 e. The van der Waals surface area contributed by atoms with Crippen LogP contribution in [0.15, 0.2) is 62.6 Å². The Morgan fingerprint density at radius 1 is 1.14 bits per heavy atom. The lowest BCUT2D eigenvalue weighted by molar-refractivity contribution is -0.130. The summed E-state index contributed by atoms with van der Waals surface area (Å²) >= 11 is 7.01. The van der Waals surface area contributed by atoms with E-state index < -0.39 is 0 Å². The van der Waals surface area contributed by atoms with Crippen molar-refractivity contribution in [3.63, 3.8) is 0 Å². The molecule has 0 radical (unpaired) electrons. The third kappa shape index (κ3) is 3.01. The van der Waals surface area contributed by atoms with Crippen molar-refractivity contribution < 1.29 is 4.79 Å². The molecule has 1 atom stereocenters. The second-order valence-electron chi connectivity index (χ2n) is 5.16. The third-order valence-corrected chi connectivity index (χ3v) is 4.93. The Balaban J connectivity index is 1.96. The highest BCUT2D eigenvalue weighted by atomic mass is 79.9. The van der Waals surface area contributed by atoms with Crippen LogP contribution in [0.3, 0.4) is 0 Å². The van der Waals surface area contributed by atoms with Crippen LogP contribution >= 0.6 is 31.9 Å². The van der Waals surface area contributed by atoms with Gasteiger partial charge >= 0.3 is 0 Å². The van der Waals surface area contributed by atoms with Crippen molar-refractivity contribution in [2.75, 3.05) is 0 Å². The van der Waals surface area contributed by atoms with Gasteiger partial charge in [0.25, 0.3) is 0 Å². The number of carbonyl (C=O) groups excluding carboxylic acids is 1. The van der Waals surface area contributed by atoms with E-state index in [-0.39, 0.29) is 11.9 Å². The van der Waals surface area contributed by atoms with Crippen molar-refractivity contribution in [2.45, 2.75) is 19.4 Å². The van der Waals surface area contributed by atoms with Gasteiger partial charge in [0.1, 0.15) is 0 Å². The number of halogens is 2. The summed E-state index contributed by atoms with van der Waals surface area (Å²) in [5.41, 5.74) is 3.06. The second-order valence-corrected chi connectivity index (χ2v) is 6.93. The quantitative estimate of drug-likeness (QED) is 0.677. The molecule has 0 saturated heterocycles. The highest BCUT2D eigenvalue weighted by molar-refractivity contribution is 9.10. The number of hydrogen-bond donors (Lipinski definition) is 0. The summed E-state index contributed by atoms with van der Waals surface area (Å²) < 4.78 is 2.03. The van der Waals surface area contributed by atoms with E-state index in [1.807, 2.05) is 48.5 Å². The lowest BCUT2D eigenvalue weighted by atomic mass is 9.98. The molecule has 5 heteroatoms. The van der Waals surface area contributed by atoms with Gasteiger partial charge in [0, 0.05) is 22.3 Å². The van der Waals surface area contributed by atoms with Crippen LogP contribution in [0.5, 0.6) is 0 Å². The highest BCUT2D eigenvalue weighted by Crippen LogP contribution is 2.36. The molecule has 2 aromatic carbocycles. The molecule has 1 heterocycles. The standard InChI is InChI=1S/C17H14Br2N2O/c1-11(22)21-17(14-4-2-3-5-15(14)19)10-16(20-21)12-6-8-13(18)9-7-12/h2-9,17H,10H2,1H3. The summed E-state index contributed by atoms with van der Waals surface area (Å²) in [6.07, 6.45) is 0.712. The van der Waals surface area contributed by atoms with Gasteiger partial charge < -0.3 is 0 Å². The van der Waals surface area contributed by atoms with Crippen LogP contribution in [0.1, 0.15) is 30.5 Å². The smallest absolute Gasteiger partial charge is 0.240 e. The van der Waals surface area contributed by atoms with Gasteiger partial charge in [-0.1, -0.05) is 62.2 Å². The maximum Gasteiger partial charge on any atom is 0.240 e. The van der Waals surface area contributed by atoms with Crippen molar-refractivity contribution in [2.24, 2.45) is 5.10 Å². The minimum atomic E-state index is -0.0632. The highest BCUT2D eigenvalue weighted by Gasteiger charge is 2.32. The zero-order chi connectivity index (χ0) is 15.7. The molecule has 1 unspecified atom stereocenters. The molecule has 1 aliphatic heterocycles. The predicted molar refractivity (Wildman–Crippen MR) is 94.7 cm³/mol.